The SMILES string of the molecule is CCCOC(=O)c1c(F)cc(F)cc1F. The van der Waals surface area contributed by atoms with E-state index in [-0.39, 0.29) is 6.61 Å². The van der Waals surface area contributed by atoms with Crippen LogP contribution in [0.4, 0.5) is 13.2 Å². The number of ether oxygens (including phenoxy) is 1. The first-order valence-electron chi connectivity index (χ1n) is 4.38. The van der Waals surface area contributed by atoms with Crippen LogP contribution in [-0.2, 0) is 4.74 Å². The Hall–Kier alpha value is -1.52. The second kappa shape index (κ2) is 4.82. The van der Waals surface area contributed by atoms with E-state index in [9.17, 15) is 18.0 Å². The van der Waals surface area contributed by atoms with E-state index in [1.54, 1.807) is 6.92 Å². The molecule has 82 valence electrons. The van der Waals surface area contributed by atoms with Crippen molar-refractivity contribution in [3.8, 4) is 0 Å². The maximum Gasteiger partial charge on any atom is 0.344 e. The molecule has 0 aliphatic rings. The van der Waals surface area contributed by atoms with Crippen molar-refractivity contribution < 1.29 is 22.7 Å². The number of carbonyl (C=O) groups excluding carboxylic acids is 1. The molecule has 0 atom stereocenters. The van der Waals surface area contributed by atoms with E-state index in [0.717, 1.165) is 0 Å². The van der Waals surface area contributed by atoms with E-state index in [0.29, 0.717) is 18.6 Å². The molecule has 0 aliphatic carbocycles. The molecule has 0 saturated carbocycles. The topological polar surface area (TPSA) is 26.3 Å². The van der Waals surface area contributed by atoms with Gasteiger partial charge >= 0.3 is 5.97 Å². The average Bonchev–Trinajstić information content (AvgIpc) is 2.12. The number of rotatable bonds is 3. The molecule has 0 radical (unpaired) electrons. The van der Waals surface area contributed by atoms with Gasteiger partial charge in [-0.25, -0.2) is 18.0 Å². The summed E-state index contributed by atoms with van der Waals surface area (Å²) >= 11 is 0. The minimum Gasteiger partial charge on any atom is -0.462 e. The molecule has 5 heteroatoms. The molecule has 0 fully saturated rings. The third-order valence-corrected chi connectivity index (χ3v) is 1.65. The van der Waals surface area contributed by atoms with Crippen molar-refractivity contribution in [3.05, 3.63) is 35.1 Å². The molecule has 0 heterocycles. The Labute approximate surface area is 84.7 Å². The highest BCUT2D eigenvalue weighted by atomic mass is 19.1. The van der Waals surface area contributed by atoms with Crippen LogP contribution in [0.5, 0.6) is 0 Å². The number of hydrogen-bond acceptors (Lipinski definition) is 2. The largest absolute Gasteiger partial charge is 0.462 e. The lowest BCUT2D eigenvalue weighted by Crippen LogP contribution is -2.11. The van der Waals surface area contributed by atoms with Crippen molar-refractivity contribution in [2.24, 2.45) is 0 Å². The highest BCUT2D eigenvalue weighted by Crippen LogP contribution is 2.15. The summed E-state index contributed by atoms with van der Waals surface area (Å²) in [5, 5.41) is 0. The fourth-order valence-electron chi connectivity index (χ4n) is 1.00. The predicted molar refractivity (Wildman–Crippen MR) is 46.9 cm³/mol. The maximum absolute atomic E-state index is 13.0. The first kappa shape index (κ1) is 11.6. The number of benzene rings is 1. The monoisotopic (exact) mass is 218 g/mol. The van der Waals surface area contributed by atoms with Gasteiger partial charge in [-0.2, -0.15) is 0 Å². The molecular weight excluding hydrogens is 209 g/mol. The van der Waals surface area contributed by atoms with Gasteiger partial charge in [0.25, 0.3) is 0 Å². The molecule has 1 rings (SSSR count). The van der Waals surface area contributed by atoms with E-state index in [4.69, 9.17) is 0 Å². The van der Waals surface area contributed by atoms with Crippen LogP contribution >= 0.6 is 0 Å². The van der Waals surface area contributed by atoms with Gasteiger partial charge in [-0.05, 0) is 6.42 Å². The van der Waals surface area contributed by atoms with Gasteiger partial charge in [0.2, 0.25) is 0 Å². The second-order valence-electron chi connectivity index (χ2n) is 2.88. The zero-order valence-electron chi connectivity index (χ0n) is 8.02. The summed E-state index contributed by atoms with van der Waals surface area (Å²) in [6.07, 6.45) is 0.538. The molecule has 0 amide bonds. The molecule has 0 aromatic heterocycles. The Balaban J connectivity index is 2.98. The summed E-state index contributed by atoms with van der Waals surface area (Å²) in [5.74, 6) is -4.70. The van der Waals surface area contributed by atoms with Crippen LogP contribution in [0, 0.1) is 17.5 Å². The predicted octanol–water partition coefficient (Wildman–Crippen LogP) is 2.67. The highest BCUT2D eigenvalue weighted by molar-refractivity contribution is 5.90. The van der Waals surface area contributed by atoms with Gasteiger partial charge in [0.1, 0.15) is 23.0 Å². The Kier molecular flexibility index (Phi) is 3.71. The van der Waals surface area contributed by atoms with Gasteiger partial charge in [0, 0.05) is 12.1 Å². The van der Waals surface area contributed by atoms with Gasteiger partial charge in [0.05, 0.1) is 6.61 Å². The van der Waals surface area contributed by atoms with Crippen LogP contribution in [-0.4, -0.2) is 12.6 Å². The maximum atomic E-state index is 13.0. The number of hydrogen-bond donors (Lipinski definition) is 0. The summed E-state index contributed by atoms with van der Waals surface area (Å²) in [4.78, 5) is 11.1. The Morgan fingerprint density at radius 2 is 1.80 bits per heavy atom. The lowest BCUT2D eigenvalue weighted by Gasteiger charge is -2.05. The third kappa shape index (κ3) is 2.71. The summed E-state index contributed by atoms with van der Waals surface area (Å²) in [5.41, 5.74) is -0.857. The normalized spacial score (nSPS) is 10.1. The van der Waals surface area contributed by atoms with E-state index in [1.807, 2.05) is 0 Å². The van der Waals surface area contributed by atoms with Crippen molar-refractivity contribution in [1.29, 1.82) is 0 Å². The molecule has 0 bridgehead atoms. The third-order valence-electron chi connectivity index (χ3n) is 1.65. The van der Waals surface area contributed by atoms with Gasteiger partial charge in [0.15, 0.2) is 0 Å². The van der Waals surface area contributed by atoms with Crippen LogP contribution in [0.2, 0.25) is 0 Å². The fourth-order valence-corrected chi connectivity index (χ4v) is 1.00. The first-order valence-corrected chi connectivity index (χ1v) is 4.38. The second-order valence-corrected chi connectivity index (χ2v) is 2.88. The molecule has 0 unspecified atom stereocenters. The van der Waals surface area contributed by atoms with Gasteiger partial charge in [-0.3, -0.25) is 0 Å². The number of esters is 1. The number of halogens is 3. The first-order chi connectivity index (χ1) is 7.06. The van der Waals surface area contributed by atoms with Crippen molar-refractivity contribution in [2.75, 3.05) is 6.61 Å². The standard InChI is InChI=1S/C10H9F3O2/c1-2-3-15-10(14)9-7(12)4-6(11)5-8(9)13/h4-5H,2-3H2,1H3. The minimum absolute atomic E-state index is 0.0646. The Morgan fingerprint density at radius 1 is 1.27 bits per heavy atom. The Morgan fingerprint density at radius 3 is 2.27 bits per heavy atom. The lowest BCUT2D eigenvalue weighted by molar-refractivity contribution is 0.0494. The van der Waals surface area contributed by atoms with Crippen molar-refractivity contribution >= 4 is 5.97 Å². The van der Waals surface area contributed by atoms with Crippen LogP contribution in [0.25, 0.3) is 0 Å². The summed E-state index contributed by atoms with van der Waals surface area (Å²) in [6.45, 7) is 1.81. The molecule has 0 aliphatic heterocycles. The molecule has 15 heavy (non-hydrogen) atoms. The van der Waals surface area contributed by atoms with E-state index < -0.39 is 29.0 Å². The zero-order chi connectivity index (χ0) is 11.4. The highest BCUT2D eigenvalue weighted by Gasteiger charge is 2.19. The van der Waals surface area contributed by atoms with Crippen LogP contribution in [0.1, 0.15) is 23.7 Å². The molecular formula is C10H9F3O2. The average molecular weight is 218 g/mol. The van der Waals surface area contributed by atoms with Gasteiger partial charge in [-0.15, -0.1) is 0 Å². The van der Waals surface area contributed by atoms with Crippen molar-refractivity contribution in [2.45, 2.75) is 13.3 Å². The Bertz CT molecular complexity index is 354. The summed E-state index contributed by atoms with van der Waals surface area (Å²) < 4.78 is 43.0. The number of carbonyl (C=O) groups is 1. The smallest absolute Gasteiger partial charge is 0.344 e. The van der Waals surface area contributed by atoms with Gasteiger partial charge in [-0.1, -0.05) is 6.92 Å². The molecule has 0 N–H and O–H groups in total. The zero-order valence-corrected chi connectivity index (χ0v) is 8.02. The van der Waals surface area contributed by atoms with Crippen LogP contribution in [0.15, 0.2) is 12.1 Å². The van der Waals surface area contributed by atoms with E-state index in [1.165, 1.54) is 0 Å². The quantitative estimate of drug-likeness (QED) is 0.729. The summed E-state index contributed by atoms with van der Waals surface area (Å²) in [7, 11) is 0. The van der Waals surface area contributed by atoms with Crippen LogP contribution < -0.4 is 0 Å². The van der Waals surface area contributed by atoms with Crippen LogP contribution in [0.3, 0.4) is 0 Å². The fraction of sp³-hybridized carbons (Fsp3) is 0.300. The molecule has 1 aromatic rings. The molecule has 1 aromatic carbocycles. The summed E-state index contributed by atoms with van der Waals surface area (Å²) in [6, 6.07) is 0.872. The minimum atomic E-state index is -1.26. The molecule has 2 nitrogen and oxygen atoms in total. The lowest BCUT2D eigenvalue weighted by atomic mass is 10.2. The van der Waals surface area contributed by atoms with E-state index in [2.05, 4.69) is 4.74 Å². The van der Waals surface area contributed by atoms with Crippen molar-refractivity contribution in [3.63, 3.8) is 0 Å². The molecule has 0 spiro atoms. The van der Waals surface area contributed by atoms with Crippen molar-refractivity contribution in [1.82, 2.24) is 0 Å². The van der Waals surface area contributed by atoms with Gasteiger partial charge < -0.3 is 4.74 Å². The van der Waals surface area contributed by atoms with E-state index >= 15 is 0 Å². The molecule has 0 saturated heterocycles.